The van der Waals surface area contributed by atoms with Crippen molar-refractivity contribution in [3.05, 3.63) is 7.05 Å². The number of hydrogen-bond donors (Lipinski definition) is 2. The van der Waals surface area contributed by atoms with Crippen molar-refractivity contribution >= 4 is 12.4 Å². The van der Waals surface area contributed by atoms with Crippen LogP contribution in [0.4, 0.5) is 0 Å². The standard InChI is InChI=1S/C6H13NO.ClH/c1-7-3-2-6(4-7)5-8;/h6-8H,1-5H2;1H. The van der Waals surface area contributed by atoms with E-state index in [1.165, 1.54) is 4.90 Å². The van der Waals surface area contributed by atoms with E-state index < -0.39 is 0 Å². The summed E-state index contributed by atoms with van der Waals surface area (Å²) in [6, 6.07) is 0. The predicted molar refractivity (Wildman–Crippen MR) is 38.5 cm³/mol. The number of nitrogens with one attached hydrogen (secondary N) is 1. The second-order valence-corrected chi connectivity index (χ2v) is 2.54. The van der Waals surface area contributed by atoms with Gasteiger partial charge in [0.2, 0.25) is 0 Å². The van der Waals surface area contributed by atoms with E-state index in [0.29, 0.717) is 12.5 Å². The quantitative estimate of drug-likeness (QED) is 0.467. The van der Waals surface area contributed by atoms with Gasteiger partial charge in [-0.2, -0.15) is 7.05 Å². The SMILES string of the molecule is Cl.[CH2-][NH+]1CCC(CO)C1. The molecule has 0 spiro atoms. The largest absolute Gasteiger partial charge is 0.468 e. The van der Waals surface area contributed by atoms with Crippen molar-refractivity contribution in [2.75, 3.05) is 19.7 Å². The highest BCUT2D eigenvalue weighted by atomic mass is 35.5. The lowest BCUT2D eigenvalue weighted by atomic mass is 10.1. The van der Waals surface area contributed by atoms with Crippen molar-refractivity contribution in [2.45, 2.75) is 6.42 Å². The van der Waals surface area contributed by atoms with Gasteiger partial charge in [-0.15, -0.1) is 12.4 Å². The Kier molecular flexibility index (Phi) is 4.19. The van der Waals surface area contributed by atoms with Crippen LogP contribution < -0.4 is 4.90 Å². The van der Waals surface area contributed by atoms with E-state index in [9.17, 15) is 0 Å². The van der Waals surface area contributed by atoms with Crippen molar-refractivity contribution in [2.24, 2.45) is 5.92 Å². The van der Waals surface area contributed by atoms with Gasteiger partial charge in [-0.1, -0.05) is 0 Å². The van der Waals surface area contributed by atoms with Gasteiger partial charge in [0.05, 0.1) is 19.7 Å². The van der Waals surface area contributed by atoms with Gasteiger partial charge >= 0.3 is 0 Å². The first-order valence-corrected chi connectivity index (χ1v) is 3.10. The molecule has 2 nitrogen and oxygen atoms in total. The lowest BCUT2D eigenvalue weighted by molar-refractivity contribution is -0.841. The fourth-order valence-electron chi connectivity index (χ4n) is 1.18. The third-order valence-electron chi connectivity index (χ3n) is 1.74. The maximum Gasteiger partial charge on any atom is 0.0583 e. The van der Waals surface area contributed by atoms with E-state index in [4.69, 9.17) is 5.11 Å². The van der Waals surface area contributed by atoms with Crippen LogP contribution in [0.25, 0.3) is 0 Å². The Balaban J connectivity index is 0.000000640. The number of quaternary nitrogens is 1. The van der Waals surface area contributed by atoms with Gasteiger partial charge < -0.3 is 10.0 Å². The van der Waals surface area contributed by atoms with Crippen LogP contribution >= 0.6 is 12.4 Å². The summed E-state index contributed by atoms with van der Waals surface area (Å²) in [5, 5.41) is 8.64. The molecule has 0 aromatic carbocycles. The fourth-order valence-corrected chi connectivity index (χ4v) is 1.18. The minimum Gasteiger partial charge on any atom is -0.468 e. The zero-order valence-corrected chi connectivity index (χ0v) is 6.28. The molecule has 0 amide bonds. The molecule has 0 aromatic rings. The van der Waals surface area contributed by atoms with Gasteiger partial charge in [-0.05, 0) is 0 Å². The van der Waals surface area contributed by atoms with Gasteiger partial charge in [0.1, 0.15) is 0 Å². The Morgan fingerprint density at radius 2 is 2.33 bits per heavy atom. The first-order chi connectivity index (χ1) is 3.83. The number of rotatable bonds is 1. The Hall–Kier alpha value is 0.210. The van der Waals surface area contributed by atoms with Crippen LogP contribution in [0.3, 0.4) is 0 Å². The van der Waals surface area contributed by atoms with Gasteiger partial charge in [-0.3, -0.25) is 0 Å². The topological polar surface area (TPSA) is 24.7 Å². The number of aliphatic hydroxyl groups excluding tert-OH is 1. The molecule has 0 saturated carbocycles. The maximum atomic E-state index is 8.64. The van der Waals surface area contributed by atoms with Crippen molar-refractivity contribution in [1.29, 1.82) is 0 Å². The van der Waals surface area contributed by atoms with Gasteiger partial charge in [0, 0.05) is 12.3 Å². The van der Waals surface area contributed by atoms with Crippen LogP contribution in [0.1, 0.15) is 6.42 Å². The van der Waals surface area contributed by atoms with Crippen LogP contribution in [0.2, 0.25) is 0 Å². The van der Waals surface area contributed by atoms with E-state index in [1.807, 2.05) is 0 Å². The molecule has 1 saturated heterocycles. The Bertz CT molecular complexity index is 79.5. The van der Waals surface area contributed by atoms with Crippen LogP contribution in [0.5, 0.6) is 0 Å². The van der Waals surface area contributed by atoms with E-state index in [1.54, 1.807) is 0 Å². The molecular formula is C6H14ClNO. The molecule has 0 bridgehead atoms. The first kappa shape index (κ1) is 9.21. The van der Waals surface area contributed by atoms with Crippen LogP contribution in [0, 0.1) is 13.0 Å². The zero-order chi connectivity index (χ0) is 5.98. The second kappa shape index (κ2) is 4.09. The summed E-state index contributed by atoms with van der Waals surface area (Å²) in [4.78, 5) is 1.31. The molecule has 56 valence electrons. The highest BCUT2D eigenvalue weighted by molar-refractivity contribution is 5.85. The molecular weight excluding hydrogens is 138 g/mol. The van der Waals surface area contributed by atoms with E-state index in [0.717, 1.165) is 19.5 Å². The first-order valence-electron chi connectivity index (χ1n) is 3.10. The molecule has 9 heavy (non-hydrogen) atoms. The van der Waals surface area contributed by atoms with Gasteiger partial charge in [-0.25, -0.2) is 0 Å². The Morgan fingerprint density at radius 3 is 2.56 bits per heavy atom. The second-order valence-electron chi connectivity index (χ2n) is 2.54. The number of likely N-dealkylation sites (tertiary alicyclic amines) is 1. The third kappa shape index (κ3) is 2.52. The lowest BCUT2D eigenvalue weighted by Gasteiger charge is -2.11. The fraction of sp³-hybridized carbons (Fsp3) is 0.833. The number of hydrogen-bond acceptors (Lipinski definition) is 1. The smallest absolute Gasteiger partial charge is 0.0583 e. The molecule has 1 fully saturated rings. The van der Waals surface area contributed by atoms with Crippen LogP contribution in [-0.4, -0.2) is 24.8 Å². The molecule has 1 heterocycles. The highest BCUT2D eigenvalue weighted by Crippen LogP contribution is 2.00. The summed E-state index contributed by atoms with van der Waals surface area (Å²) in [5.74, 6) is 0.530. The molecule has 1 rings (SSSR count). The van der Waals surface area contributed by atoms with Crippen molar-refractivity contribution < 1.29 is 10.0 Å². The molecule has 0 radical (unpaired) electrons. The average molecular weight is 152 g/mol. The summed E-state index contributed by atoms with van der Waals surface area (Å²) in [5.41, 5.74) is 0. The van der Waals surface area contributed by atoms with E-state index in [2.05, 4.69) is 7.05 Å². The highest BCUT2D eigenvalue weighted by Gasteiger charge is 2.18. The Morgan fingerprint density at radius 1 is 1.67 bits per heavy atom. The van der Waals surface area contributed by atoms with Crippen LogP contribution in [-0.2, 0) is 0 Å². The molecule has 1 aliphatic heterocycles. The summed E-state index contributed by atoms with van der Waals surface area (Å²) in [7, 11) is 3.84. The average Bonchev–Trinajstić information content (AvgIpc) is 2.14. The molecule has 2 atom stereocenters. The van der Waals surface area contributed by atoms with Crippen molar-refractivity contribution in [3.8, 4) is 0 Å². The monoisotopic (exact) mass is 151 g/mol. The lowest BCUT2D eigenvalue weighted by Crippen LogP contribution is -3.04. The molecule has 1 aliphatic rings. The van der Waals surface area contributed by atoms with Gasteiger partial charge in [0.25, 0.3) is 0 Å². The number of halogens is 1. The summed E-state index contributed by atoms with van der Waals surface area (Å²) < 4.78 is 0. The zero-order valence-electron chi connectivity index (χ0n) is 5.47. The summed E-state index contributed by atoms with van der Waals surface area (Å²) >= 11 is 0. The minimum atomic E-state index is 0. The van der Waals surface area contributed by atoms with Crippen LogP contribution in [0.15, 0.2) is 0 Å². The molecule has 2 N–H and O–H groups in total. The number of aliphatic hydroxyl groups is 1. The molecule has 2 unspecified atom stereocenters. The molecule has 0 aromatic heterocycles. The Labute approximate surface area is 62.3 Å². The third-order valence-corrected chi connectivity index (χ3v) is 1.74. The predicted octanol–water partition coefficient (Wildman–Crippen LogP) is -0.903. The molecule has 3 heteroatoms. The minimum absolute atomic E-state index is 0. The maximum absolute atomic E-state index is 8.64. The van der Waals surface area contributed by atoms with E-state index in [-0.39, 0.29) is 12.4 Å². The van der Waals surface area contributed by atoms with E-state index >= 15 is 0 Å². The van der Waals surface area contributed by atoms with Crippen molar-refractivity contribution in [3.63, 3.8) is 0 Å². The summed E-state index contributed by atoms with van der Waals surface area (Å²) in [6.07, 6.45) is 1.15. The normalized spacial score (nSPS) is 34.0. The summed E-state index contributed by atoms with van der Waals surface area (Å²) in [6.45, 7) is 2.53. The molecule has 0 aliphatic carbocycles. The van der Waals surface area contributed by atoms with Crippen molar-refractivity contribution in [1.82, 2.24) is 0 Å². The van der Waals surface area contributed by atoms with Gasteiger partial charge in [0.15, 0.2) is 0 Å².